The van der Waals surface area contributed by atoms with Crippen LogP contribution in [0.3, 0.4) is 0 Å². The lowest BCUT2D eigenvalue weighted by molar-refractivity contribution is -0.141. The average molecular weight is 408 g/mol. The van der Waals surface area contributed by atoms with Crippen molar-refractivity contribution >= 4 is 18.4 Å². The maximum Gasteiger partial charge on any atom is 0.310 e. The normalized spacial score (nSPS) is 21.0. The van der Waals surface area contributed by atoms with Crippen molar-refractivity contribution in [2.75, 3.05) is 26.8 Å². The average Bonchev–Trinajstić information content (AvgIpc) is 3.22. The Kier molecular flexibility index (Phi) is 6.42. The number of fused-ring (bicyclic) bond motifs is 1. The van der Waals surface area contributed by atoms with E-state index in [1.807, 2.05) is 24.3 Å². The molecule has 2 aromatic rings. The maximum atomic E-state index is 13.3. The van der Waals surface area contributed by atoms with Crippen molar-refractivity contribution in [1.82, 2.24) is 4.90 Å². The topological polar surface area (TPSA) is 48.0 Å². The Hall–Kier alpha value is -2.31. The second-order valence-corrected chi connectivity index (χ2v) is 7.09. The number of rotatable bonds is 6. The highest BCUT2D eigenvalue weighted by molar-refractivity contribution is 5.85. The van der Waals surface area contributed by atoms with Gasteiger partial charge >= 0.3 is 5.97 Å². The Morgan fingerprint density at radius 1 is 1.14 bits per heavy atom. The summed E-state index contributed by atoms with van der Waals surface area (Å²) >= 11 is 0. The van der Waals surface area contributed by atoms with E-state index in [0.29, 0.717) is 24.0 Å². The Labute approximate surface area is 169 Å². The fraction of sp³-hybridized carbons (Fsp3) is 0.381. The van der Waals surface area contributed by atoms with E-state index in [0.717, 1.165) is 30.8 Å². The molecule has 150 valence electrons. The van der Waals surface area contributed by atoms with Crippen molar-refractivity contribution in [1.29, 1.82) is 0 Å². The minimum Gasteiger partial charge on any atom is -0.493 e. The number of carbonyl (C=O) groups excluding carboxylic acids is 1. The van der Waals surface area contributed by atoms with Crippen LogP contribution in [0, 0.1) is 17.7 Å². The van der Waals surface area contributed by atoms with Crippen LogP contribution in [0.1, 0.15) is 11.1 Å². The number of esters is 1. The summed E-state index contributed by atoms with van der Waals surface area (Å²) in [6.07, 6.45) is 0. The number of likely N-dealkylation sites (tertiary alicyclic amines) is 1. The number of hydrogen-bond acceptors (Lipinski definition) is 5. The number of carbonyl (C=O) groups is 1. The zero-order chi connectivity index (χ0) is 18.8. The lowest BCUT2D eigenvalue weighted by Gasteiger charge is -2.18. The van der Waals surface area contributed by atoms with Gasteiger partial charge in [0.1, 0.15) is 12.4 Å². The van der Waals surface area contributed by atoms with Gasteiger partial charge in [-0.25, -0.2) is 4.39 Å². The van der Waals surface area contributed by atoms with E-state index in [2.05, 4.69) is 4.90 Å². The van der Waals surface area contributed by atoms with E-state index in [1.165, 1.54) is 12.1 Å². The Balaban J connectivity index is 0.00000225. The van der Waals surface area contributed by atoms with Gasteiger partial charge in [0, 0.05) is 25.6 Å². The van der Waals surface area contributed by atoms with Gasteiger partial charge in [-0.3, -0.25) is 9.69 Å². The molecule has 0 N–H and O–H groups in total. The van der Waals surface area contributed by atoms with Crippen molar-refractivity contribution < 1.29 is 23.4 Å². The minimum absolute atomic E-state index is 0. The smallest absolute Gasteiger partial charge is 0.310 e. The van der Waals surface area contributed by atoms with Crippen LogP contribution in [-0.4, -0.2) is 37.7 Å². The molecule has 2 fully saturated rings. The van der Waals surface area contributed by atoms with E-state index in [4.69, 9.17) is 14.2 Å². The third kappa shape index (κ3) is 4.39. The summed E-state index contributed by atoms with van der Waals surface area (Å²) < 4.78 is 29.7. The van der Waals surface area contributed by atoms with Crippen LogP contribution in [-0.2, 0) is 22.7 Å². The number of hydrogen-bond donors (Lipinski definition) is 0. The highest BCUT2D eigenvalue weighted by atomic mass is 35.5. The van der Waals surface area contributed by atoms with Crippen LogP contribution < -0.4 is 9.47 Å². The quantitative estimate of drug-likeness (QED) is 0.686. The Morgan fingerprint density at radius 3 is 2.75 bits per heavy atom. The summed E-state index contributed by atoms with van der Waals surface area (Å²) in [5, 5.41) is 0. The molecule has 2 saturated heterocycles. The van der Waals surface area contributed by atoms with Gasteiger partial charge in [-0.15, -0.1) is 12.4 Å². The molecular weight excluding hydrogens is 385 g/mol. The first-order valence-corrected chi connectivity index (χ1v) is 9.05. The predicted octanol–water partition coefficient (Wildman–Crippen LogP) is 3.44. The molecule has 2 aromatic carbocycles. The summed E-state index contributed by atoms with van der Waals surface area (Å²) in [7, 11) is 1.59. The van der Waals surface area contributed by atoms with E-state index in [-0.39, 0.29) is 36.7 Å². The van der Waals surface area contributed by atoms with Crippen molar-refractivity contribution in [3.63, 3.8) is 0 Å². The zero-order valence-corrected chi connectivity index (χ0v) is 16.4. The van der Waals surface area contributed by atoms with Crippen LogP contribution in [0.2, 0.25) is 0 Å². The van der Waals surface area contributed by atoms with Crippen molar-refractivity contribution in [3.8, 4) is 11.5 Å². The third-order valence-corrected chi connectivity index (χ3v) is 5.18. The van der Waals surface area contributed by atoms with Gasteiger partial charge in [-0.05, 0) is 35.4 Å². The van der Waals surface area contributed by atoms with Crippen molar-refractivity contribution in [3.05, 3.63) is 59.4 Å². The van der Waals surface area contributed by atoms with Gasteiger partial charge in [-0.2, -0.15) is 0 Å². The molecule has 5 nitrogen and oxygen atoms in total. The SMILES string of the molecule is COc1ccc(CN2C[C@@H]3COC(=O)[C@@H]3C2)cc1OCc1cccc(F)c1.Cl. The van der Waals surface area contributed by atoms with Gasteiger partial charge in [0.05, 0.1) is 19.6 Å². The summed E-state index contributed by atoms with van der Waals surface area (Å²) in [5.41, 5.74) is 1.84. The standard InChI is InChI=1S/C21H22FNO4.ClH/c1-25-19-6-5-14(9-23-10-16-13-27-21(24)18(16)11-23)8-20(19)26-12-15-3-2-4-17(22)7-15;/h2-8,16,18H,9-13H2,1H3;1H/t16-,18-;/m1./s1. The molecule has 2 aliphatic heterocycles. The summed E-state index contributed by atoms with van der Waals surface area (Å²) in [4.78, 5) is 14.0. The fourth-order valence-corrected chi connectivity index (χ4v) is 3.80. The molecule has 7 heteroatoms. The second-order valence-electron chi connectivity index (χ2n) is 7.09. The first-order chi connectivity index (χ1) is 13.1. The van der Waals surface area contributed by atoms with Crippen molar-refractivity contribution in [2.45, 2.75) is 13.2 Å². The monoisotopic (exact) mass is 407 g/mol. The molecule has 0 radical (unpaired) electrons. The molecule has 0 amide bonds. The van der Waals surface area contributed by atoms with E-state index in [9.17, 15) is 9.18 Å². The molecule has 28 heavy (non-hydrogen) atoms. The van der Waals surface area contributed by atoms with Crippen LogP contribution in [0.15, 0.2) is 42.5 Å². The highest BCUT2D eigenvalue weighted by Crippen LogP contribution is 2.33. The molecule has 2 atom stereocenters. The number of ether oxygens (including phenoxy) is 3. The number of benzene rings is 2. The first kappa shape index (κ1) is 20.4. The summed E-state index contributed by atoms with van der Waals surface area (Å²) in [6, 6.07) is 12.2. The van der Waals surface area contributed by atoms with Gasteiger partial charge in [0.25, 0.3) is 0 Å². The molecule has 0 spiro atoms. The molecule has 2 heterocycles. The van der Waals surface area contributed by atoms with Gasteiger partial charge in [0.2, 0.25) is 0 Å². The highest BCUT2D eigenvalue weighted by Gasteiger charge is 2.43. The third-order valence-electron chi connectivity index (χ3n) is 5.18. The van der Waals surface area contributed by atoms with Gasteiger partial charge in [0.15, 0.2) is 11.5 Å². The van der Waals surface area contributed by atoms with Gasteiger partial charge in [-0.1, -0.05) is 18.2 Å². The zero-order valence-electron chi connectivity index (χ0n) is 15.6. The molecule has 0 aliphatic carbocycles. The van der Waals surface area contributed by atoms with Crippen molar-refractivity contribution in [2.24, 2.45) is 11.8 Å². The fourth-order valence-electron chi connectivity index (χ4n) is 3.80. The molecule has 0 saturated carbocycles. The molecule has 0 aromatic heterocycles. The van der Waals surface area contributed by atoms with E-state index in [1.54, 1.807) is 13.2 Å². The number of cyclic esters (lactones) is 1. The van der Waals surface area contributed by atoms with Crippen LogP contribution >= 0.6 is 12.4 Å². The number of nitrogens with zero attached hydrogens (tertiary/aromatic N) is 1. The van der Waals surface area contributed by atoms with Gasteiger partial charge < -0.3 is 14.2 Å². The Morgan fingerprint density at radius 2 is 2.00 bits per heavy atom. The molecular formula is C21H23ClFNO4. The summed E-state index contributed by atoms with van der Waals surface area (Å²) in [6.45, 7) is 3.12. The number of methoxy groups -OCH3 is 1. The molecule has 0 unspecified atom stereocenters. The summed E-state index contributed by atoms with van der Waals surface area (Å²) in [5.74, 6) is 1.22. The van der Waals surface area contributed by atoms with Crippen LogP contribution in [0.25, 0.3) is 0 Å². The predicted molar refractivity (Wildman–Crippen MR) is 104 cm³/mol. The van der Waals surface area contributed by atoms with E-state index >= 15 is 0 Å². The van der Waals surface area contributed by atoms with E-state index < -0.39 is 0 Å². The molecule has 2 aliphatic rings. The number of halogens is 2. The second kappa shape index (κ2) is 8.80. The lowest BCUT2D eigenvalue weighted by Crippen LogP contribution is -2.23. The maximum absolute atomic E-state index is 13.3. The molecule has 4 rings (SSSR count). The minimum atomic E-state index is -0.282. The molecule has 0 bridgehead atoms. The van der Waals surface area contributed by atoms with Crippen LogP contribution in [0.5, 0.6) is 11.5 Å². The largest absolute Gasteiger partial charge is 0.493 e. The first-order valence-electron chi connectivity index (χ1n) is 9.05. The lowest BCUT2D eigenvalue weighted by atomic mass is 10.0. The Bertz CT molecular complexity index is 847. The van der Waals surface area contributed by atoms with Crippen LogP contribution in [0.4, 0.5) is 4.39 Å².